The molecule has 2 aliphatic rings. The number of aromatic amines is 1. The third-order valence-corrected chi connectivity index (χ3v) is 5.20. The van der Waals surface area contributed by atoms with Gasteiger partial charge in [-0.1, -0.05) is 18.6 Å². The molecule has 1 saturated heterocycles. The van der Waals surface area contributed by atoms with E-state index in [1.54, 1.807) is 24.5 Å². The van der Waals surface area contributed by atoms with Crippen molar-refractivity contribution in [2.75, 3.05) is 25.0 Å². The van der Waals surface area contributed by atoms with Crippen molar-refractivity contribution in [2.24, 2.45) is 0 Å². The number of carbonyl (C=O) groups excluding carboxylic acids is 1. The second-order valence-electron chi connectivity index (χ2n) is 7.07. The number of amides is 1. The number of aromatic nitrogens is 2. The first-order valence-electron chi connectivity index (χ1n) is 9.38. The normalized spacial score (nSPS) is 19.0. The molecule has 1 fully saturated rings. The Kier molecular flexibility index (Phi) is 4.90. The minimum absolute atomic E-state index is 0.233. The first kappa shape index (κ1) is 17.7. The van der Waals surface area contributed by atoms with Crippen molar-refractivity contribution in [1.82, 2.24) is 14.9 Å². The summed E-state index contributed by atoms with van der Waals surface area (Å²) in [5, 5.41) is 2.83. The van der Waals surface area contributed by atoms with Crippen molar-refractivity contribution in [3.05, 3.63) is 52.9 Å². The van der Waals surface area contributed by atoms with E-state index < -0.39 is 0 Å². The number of hydrogen-bond acceptors (Lipinski definition) is 3. The maximum absolute atomic E-state index is 14.6. The molecule has 5 nitrogen and oxygen atoms in total. The van der Waals surface area contributed by atoms with Crippen LogP contribution in [0.2, 0.25) is 0 Å². The third kappa shape index (κ3) is 3.57. The van der Waals surface area contributed by atoms with E-state index in [2.05, 4.69) is 20.2 Å². The van der Waals surface area contributed by atoms with Gasteiger partial charge in [-0.25, -0.2) is 9.37 Å². The molecule has 0 radical (unpaired) electrons. The van der Waals surface area contributed by atoms with E-state index >= 15 is 0 Å². The van der Waals surface area contributed by atoms with Gasteiger partial charge < -0.3 is 10.3 Å². The zero-order chi connectivity index (χ0) is 18.8. The summed E-state index contributed by atoms with van der Waals surface area (Å²) in [6.07, 6.45) is 10.8. The summed E-state index contributed by atoms with van der Waals surface area (Å²) in [6, 6.07) is 3.02. The van der Waals surface area contributed by atoms with Gasteiger partial charge in [-0.05, 0) is 51.1 Å². The van der Waals surface area contributed by atoms with Crippen molar-refractivity contribution in [1.29, 1.82) is 0 Å². The minimum atomic E-state index is -0.329. The van der Waals surface area contributed by atoms with Crippen LogP contribution < -0.4 is 5.32 Å². The fraction of sp³-hybridized carbons (Fsp3) is 0.333. The van der Waals surface area contributed by atoms with Crippen molar-refractivity contribution < 1.29 is 9.18 Å². The molecule has 0 atom stereocenters. The highest BCUT2D eigenvalue weighted by molar-refractivity contribution is 6.35. The van der Waals surface area contributed by atoms with E-state index in [1.807, 2.05) is 13.0 Å². The molecular weight excluding hydrogens is 343 g/mol. The van der Waals surface area contributed by atoms with E-state index in [0.29, 0.717) is 28.1 Å². The van der Waals surface area contributed by atoms with Gasteiger partial charge in [0.2, 0.25) is 0 Å². The Balaban J connectivity index is 1.68. The van der Waals surface area contributed by atoms with E-state index in [4.69, 9.17) is 0 Å². The Hall–Kier alpha value is -2.73. The molecule has 0 bridgehead atoms. The lowest BCUT2D eigenvalue weighted by molar-refractivity contribution is -0.110. The molecule has 1 amide bonds. The molecule has 1 aromatic heterocycles. The highest BCUT2D eigenvalue weighted by atomic mass is 19.1. The van der Waals surface area contributed by atoms with Crippen LogP contribution in [0, 0.1) is 12.7 Å². The number of anilines is 1. The van der Waals surface area contributed by atoms with Crippen LogP contribution in [-0.2, 0) is 4.79 Å². The van der Waals surface area contributed by atoms with E-state index in [1.165, 1.54) is 25.3 Å². The second kappa shape index (κ2) is 7.48. The number of nitrogens with zero attached hydrogens (tertiary/aromatic N) is 2. The first-order valence-corrected chi connectivity index (χ1v) is 9.38. The van der Waals surface area contributed by atoms with Crippen LogP contribution in [0.15, 0.2) is 24.5 Å². The lowest BCUT2D eigenvalue weighted by Gasteiger charge is -2.24. The molecule has 0 saturated carbocycles. The number of aryl methyl sites for hydroxylation is 1. The Labute approximate surface area is 158 Å². The number of nitrogens with one attached hydrogen (secondary N) is 2. The van der Waals surface area contributed by atoms with Crippen LogP contribution in [0.5, 0.6) is 0 Å². The molecule has 2 N–H and O–H groups in total. The first-order chi connectivity index (χ1) is 13.1. The summed E-state index contributed by atoms with van der Waals surface area (Å²) in [5.74, 6) is -0.562. The summed E-state index contributed by atoms with van der Waals surface area (Å²) in [6.45, 7) is 4.85. The van der Waals surface area contributed by atoms with Gasteiger partial charge in [0.25, 0.3) is 5.91 Å². The van der Waals surface area contributed by atoms with Crippen molar-refractivity contribution in [3.63, 3.8) is 0 Å². The van der Waals surface area contributed by atoms with Gasteiger partial charge in [0, 0.05) is 29.1 Å². The molecule has 0 aliphatic carbocycles. The zero-order valence-electron chi connectivity index (χ0n) is 15.4. The standard InChI is InChI=1S/C21H23FN4O/c1-14-19(24-13-23-14)12-16-20-15(6-5-11-26-9-3-2-4-10-26)17(22)7-8-18(20)25-21(16)27/h5-8,12-13H,2-4,9-11H2,1H3,(H,23,24)(H,25,27). The number of imidazole rings is 1. The monoisotopic (exact) mass is 366 g/mol. The summed E-state index contributed by atoms with van der Waals surface area (Å²) in [5.41, 5.74) is 3.68. The van der Waals surface area contributed by atoms with Crippen LogP contribution in [0.1, 0.15) is 41.8 Å². The molecule has 1 aromatic carbocycles. The van der Waals surface area contributed by atoms with E-state index in [0.717, 1.165) is 25.3 Å². The number of likely N-dealkylation sites (tertiary alicyclic amines) is 1. The summed E-state index contributed by atoms with van der Waals surface area (Å²) >= 11 is 0. The summed E-state index contributed by atoms with van der Waals surface area (Å²) in [7, 11) is 0. The fourth-order valence-electron chi connectivity index (χ4n) is 3.71. The second-order valence-corrected chi connectivity index (χ2v) is 7.07. The van der Waals surface area contributed by atoms with Crippen LogP contribution in [0.25, 0.3) is 17.7 Å². The van der Waals surface area contributed by atoms with Gasteiger partial charge >= 0.3 is 0 Å². The Morgan fingerprint density at radius 2 is 2.07 bits per heavy atom. The molecule has 27 heavy (non-hydrogen) atoms. The molecule has 6 heteroatoms. The number of halogens is 1. The Morgan fingerprint density at radius 3 is 2.81 bits per heavy atom. The van der Waals surface area contributed by atoms with Gasteiger partial charge in [-0.2, -0.15) is 0 Å². The fourth-order valence-corrected chi connectivity index (χ4v) is 3.71. The number of piperidine rings is 1. The SMILES string of the molecule is Cc1[nH]cnc1C=C1C(=O)Nc2ccc(F)c(C=CCN3CCCCC3)c21. The van der Waals surface area contributed by atoms with Gasteiger partial charge in [0.1, 0.15) is 5.82 Å². The van der Waals surface area contributed by atoms with Crippen molar-refractivity contribution >= 4 is 29.3 Å². The number of carbonyl (C=O) groups is 1. The van der Waals surface area contributed by atoms with Gasteiger partial charge in [-0.15, -0.1) is 0 Å². The van der Waals surface area contributed by atoms with Crippen molar-refractivity contribution in [2.45, 2.75) is 26.2 Å². The number of H-pyrrole nitrogens is 1. The predicted molar refractivity (Wildman–Crippen MR) is 106 cm³/mol. The minimum Gasteiger partial charge on any atom is -0.348 e. The van der Waals surface area contributed by atoms with Gasteiger partial charge in [0.15, 0.2) is 0 Å². The highest BCUT2D eigenvalue weighted by Gasteiger charge is 2.28. The van der Waals surface area contributed by atoms with Crippen LogP contribution in [0.3, 0.4) is 0 Å². The van der Waals surface area contributed by atoms with E-state index in [9.17, 15) is 9.18 Å². The van der Waals surface area contributed by atoms with Crippen LogP contribution in [-0.4, -0.2) is 40.4 Å². The quantitative estimate of drug-likeness (QED) is 0.808. The molecule has 0 spiro atoms. The molecule has 2 aliphatic heterocycles. The third-order valence-electron chi connectivity index (χ3n) is 5.20. The Morgan fingerprint density at radius 1 is 1.26 bits per heavy atom. The smallest absolute Gasteiger partial charge is 0.256 e. The van der Waals surface area contributed by atoms with E-state index in [-0.39, 0.29) is 11.7 Å². The van der Waals surface area contributed by atoms with Gasteiger partial charge in [0.05, 0.1) is 17.6 Å². The molecule has 2 aromatic rings. The number of rotatable bonds is 4. The van der Waals surface area contributed by atoms with Crippen LogP contribution >= 0.6 is 0 Å². The largest absolute Gasteiger partial charge is 0.348 e. The number of benzene rings is 1. The lowest BCUT2D eigenvalue weighted by Crippen LogP contribution is -2.29. The molecule has 4 rings (SSSR count). The van der Waals surface area contributed by atoms with Crippen LogP contribution in [0.4, 0.5) is 10.1 Å². The summed E-state index contributed by atoms with van der Waals surface area (Å²) in [4.78, 5) is 22.1. The molecule has 140 valence electrons. The maximum Gasteiger partial charge on any atom is 0.256 e. The number of hydrogen-bond donors (Lipinski definition) is 2. The van der Waals surface area contributed by atoms with Crippen molar-refractivity contribution in [3.8, 4) is 0 Å². The predicted octanol–water partition coefficient (Wildman–Crippen LogP) is 3.85. The number of fused-ring (bicyclic) bond motifs is 1. The Bertz CT molecular complexity index is 922. The lowest BCUT2D eigenvalue weighted by atomic mass is 9.98. The average molecular weight is 366 g/mol. The molecule has 3 heterocycles. The molecule has 0 unspecified atom stereocenters. The highest BCUT2D eigenvalue weighted by Crippen LogP contribution is 2.37. The average Bonchev–Trinajstić information content (AvgIpc) is 3.22. The van der Waals surface area contributed by atoms with Gasteiger partial charge in [-0.3, -0.25) is 9.69 Å². The summed E-state index contributed by atoms with van der Waals surface area (Å²) < 4.78 is 14.6. The topological polar surface area (TPSA) is 61.0 Å². The zero-order valence-corrected chi connectivity index (χ0v) is 15.4. The molecular formula is C21H23FN4O. The maximum atomic E-state index is 14.6.